The molecule has 0 amide bonds. The van der Waals surface area contributed by atoms with Crippen molar-refractivity contribution in [2.24, 2.45) is 0 Å². The minimum absolute atomic E-state index is 0.632. The molecule has 3 rings (SSSR count). The fraction of sp³-hybridized carbons (Fsp3) is 0.0833. The summed E-state index contributed by atoms with van der Waals surface area (Å²) in [5.74, 6) is 0. The molecule has 1 N–H and O–H groups in total. The molecule has 20 heavy (non-hydrogen) atoms. The Morgan fingerprint density at radius 1 is 1.25 bits per heavy atom. The third-order valence-corrected chi connectivity index (χ3v) is 4.17. The molecular formula is C12H10N6S2. The van der Waals surface area contributed by atoms with Crippen LogP contribution in [0.1, 0.15) is 0 Å². The fourth-order valence-electron chi connectivity index (χ4n) is 1.47. The van der Waals surface area contributed by atoms with E-state index in [9.17, 15) is 0 Å². The molecule has 0 aromatic carbocycles. The highest BCUT2D eigenvalue weighted by atomic mass is 32.2. The van der Waals surface area contributed by atoms with Gasteiger partial charge >= 0.3 is 0 Å². The lowest BCUT2D eigenvalue weighted by atomic mass is 10.4. The van der Waals surface area contributed by atoms with Gasteiger partial charge in [0.2, 0.25) is 5.13 Å². The Balaban J connectivity index is 1.78. The van der Waals surface area contributed by atoms with E-state index in [1.807, 2.05) is 12.1 Å². The maximum Gasteiger partial charge on any atom is 0.206 e. The predicted octanol–water partition coefficient (Wildman–Crippen LogP) is 2.63. The van der Waals surface area contributed by atoms with Crippen LogP contribution in [-0.2, 0) is 0 Å². The zero-order valence-corrected chi connectivity index (χ0v) is 12.0. The van der Waals surface area contributed by atoms with Crippen LogP contribution in [0.2, 0.25) is 0 Å². The molecule has 0 aliphatic carbocycles. The van der Waals surface area contributed by atoms with E-state index in [2.05, 4.69) is 37.0 Å². The molecule has 8 heteroatoms. The third-order valence-electron chi connectivity index (χ3n) is 2.30. The second-order valence-corrected chi connectivity index (χ2v) is 5.94. The van der Waals surface area contributed by atoms with Crippen LogP contribution < -0.4 is 5.32 Å². The summed E-state index contributed by atoms with van der Waals surface area (Å²) in [4.78, 5) is 12.8. The van der Waals surface area contributed by atoms with Gasteiger partial charge in [-0.05, 0) is 23.9 Å². The number of anilines is 1. The van der Waals surface area contributed by atoms with Crippen molar-refractivity contribution in [1.29, 1.82) is 0 Å². The van der Waals surface area contributed by atoms with Crippen LogP contribution in [0, 0.1) is 0 Å². The summed E-state index contributed by atoms with van der Waals surface area (Å²) < 4.78 is 0.826. The van der Waals surface area contributed by atoms with Gasteiger partial charge in [0, 0.05) is 18.9 Å². The largest absolute Gasteiger partial charge is 0.357 e. The molecule has 0 atom stereocenters. The number of rotatable bonds is 5. The highest BCUT2D eigenvalue weighted by Crippen LogP contribution is 2.31. The van der Waals surface area contributed by atoms with Crippen LogP contribution in [0.25, 0.3) is 11.2 Å². The molecule has 0 aliphatic rings. The van der Waals surface area contributed by atoms with Crippen LogP contribution in [0.5, 0.6) is 0 Å². The fourth-order valence-corrected chi connectivity index (χ4v) is 3.14. The van der Waals surface area contributed by atoms with Gasteiger partial charge in [0.05, 0.1) is 0 Å². The molecule has 0 bridgehead atoms. The SMILES string of the molecule is C=CCNc1nnc(Sc2ccc3nccnc3n2)s1. The normalized spacial score (nSPS) is 10.6. The predicted molar refractivity (Wildman–Crippen MR) is 80.1 cm³/mol. The maximum atomic E-state index is 4.43. The molecular weight excluding hydrogens is 292 g/mol. The lowest BCUT2D eigenvalue weighted by Crippen LogP contribution is -1.96. The van der Waals surface area contributed by atoms with Gasteiger partial charge in [0.15, 0.2) is 9.99 Å². The lowest BCUT2D eigenvalue weighted by Gasteiger charge is -1.98. The molecule has 6 nitrogen and oxygen atoms in total. The van der Waals surface area contributed by atoms with E-state index in [1.165, 1.54) is 23.1 Å². The number of fused-ring (bicyclic) bond motifs is 1. The molecule has 100 valence electrons. The van der Waals surface area contributed by atoms with Crippen molar-refractivity contribution in [2.75, 3.05) is 11.9 Å². The second kappa shape index (κ2) is 5.93. The molecule has 3 heterocycles. The highest BCUT2D eigenvalue weighted by molar-refractivity contribution is 8.01. The first-order chi connectivity index (χ1) is 9.85. The van der Waals surface area contributed by atoms with Gasteiger partial charge in [0.1, 0.15) is 10.5 Å². The molecule has 0 saturated heterocycles. The maximum absolute atomic E-state index is 4.43. The van der Waals surface area contributed by atoms with Crippen molar-refractivity contribution in [2.45, 2.75) is 9.37 Å². The molecule has 0 unspecified atom stereocenters. The van der Waals surface area contributed by atoms with E-state index in [0.717, 1.165) is 20.0 Å². The standard InChI is InChI=1S/C12H10N6S2/c1-2-5-15-11-17-18-12(20-11)19-9-4-3-8-10(16-9)14-7-6-13-8/h2-4,6-7H,1,5H2,(H,15,17). The first-order valence-corrected chi connectivity index (χ1v) is 7.42. The summed E-state index contributed by atoms with van der Waals surface area (Å²) in [6.45, 7) is 4.31. The van der Waals surface area contributed by atoms with E-state index in [-0.39, 0.29) is 0 Å². The summed E-state index contributed by atoms with van der Waals surface area (Å²) >= 11 is 2.94. The van der Waals surface area contributed by atoms with Gasteiger partial charge in [-0.25, -0.2) is 9.97 Å². The van der Waals surface area contributed by atoms with Gasteiger partial charge < -0.3 is 5.32 Å². The van der Waals surface area contributed by atoms with E-state index >= 15 is 0 Å². The van der Waals surface area contributed by atoms with Crippen LogP contribution in [-0.4, -0.2) is 31.7 Å². The van der Waals surface area contributed by atoms with Gasteiger partial charge in [-0.1, -0.05) is 17.4 Å². The average molecular weight is 302 g/mol. The minimum Gasteiger partial charge on any atom is -0.357 e. The van der Waals surface area contributed by atoms with E-state index in [1.54, 1.807) is 18.5 Å². The number of pyridine rings is 1. The van der Waals surface area contributed by atoms with Gasteiger partial charge in [-0.2, -0.15) is 0 Å². The number of aromatic nitrogens is 5. The monoisotopic (exact) mass is 302 g/mol. The molecule has 0 saturated carbocycles. The average Bonchev–Trinajstić information content (AvgIpc) is 2.92. The van der Waals surface area contributed by atoms with Crippen molar-refractivity contribution >= 4 is 39.4 Å². The molecule has 0 spiro atoms. The summed E-state index contributed by atoms with van der Waals surface area (Å²) in [6, 6.07) is 3.80. The quantitative estimate of drug-likeness (QED) is 0.726. The van der Waals surface area contributed by atoms with Crippen LogP contribution in [0.4, 0.5) is 5.13 Å². The molecule has 0 fully saturated rings. The minimum atomic E-state index is 0.632. The lowest BCUT2D eigenvalue weighted by molar-refractivity contribution is 1.00. The zero-order chi connectivity index (χ0) is 13.8. The van der Waals surface area contributed by atoms with E-state index in [4.69, 9.17) is 0 Å². The zero-order valence-electron chi connectivity index (χ0n) is 10.4. The summed E-state index contributed by atoms with van der Waals surface area (Å²) in [6.07, 6.45) is 5.06. The Morgan fingerprint density at radius 2 is 2.15 bits per heavy atom. The summed E-state index contributed by atoms with van der Waals surface area (Å²) in [5, 5.41) is 12.8. The van der Waals surface area contributed by atoms with Crippen LogP contribution in [0.3, 0.4) is 0 Å². The molecule has 3 aromatic heterocycles. The van der Waals surface area contributed by atoms with Crippen molar-refractivity contribution in [3.05, 3.63) is 37.2 Å². The number of hydrogen-bond acceptors (Lipinski definition) is 8. The highest BCUT2D eigenvalue weighted by Gasteiger charge is 2.07. The number of hydrogen-bond donors (Lipinski definition) is 1. The van der Waals surface area contributed by atoms with E-state index < -0.39 is 0 Å². The van der Waals surface area contributed by atoms with Gasteiger partial charge in [-0.3, -0.25) is 4.98 Å². The van der Waals surface area contributed by atoms with Gasteiger partial charge in [0.25, 0.3) is 0 Å². The molecule has 3 aromatic rings. The summed E-state index contributed by atoms with van der Waals surface area (Å²) in [5.41, 5.74) is 1.41. The molecule has 0 aliphatic heterocycles. The Kier molecular flexibility index (Phi) is 3.84. The smallest absolute Gasteiger partial charge is 0.206 e. The number of nitrogens with one attached hydrogen (secondary N) is 1. The number of nitrogens with zero attached hydrogens (tertiary/aromatic N) is 5. The van der Waals surface area contributed by atoms with E-state index in [0.29, 0.717) is 12.2 Å². The topological polar surface area (TPSA) is 76.5 Å². The van der Waals surface area contributed by atoms with Crippen molar-refractivity contribution in [3.8, 4) is 0 Å². The van der Waals surface area contributed by atoms with Crippen molar-refractivity contribution in [3.63, 3.8) is 0 Å². The van der Waals surface area contributed by atoms with Gasteiger partial charge in [-0.15, -0.1) is 16.8 Å². The second-order valence-electron chi connectivity index (χ2n) is 3.69. The van der Waals surface area contributed by atoms with Crippen LogP contribution >= 0.6 is 23.1 Å². The Bertz CT molecular complexity index is 741. The molecule has 0 radical (unpaired) electrons. The Morgan fingerprint density at radius 3 is 3.05 bits per heavy atom. The first kappa shape index (κ1) is 12.9. The van der Waals surface area contributed by atoms with Crippen LogP contribution in [0.15, 0.2) is 46.5 Å². The Labute approximate surface area is 123 Å². The van der Waals surface area contributed by atoms with Crippen molar-refractivity contribution < 1.29 is 0 Å². The third kappa shape index (κ3) is 2.91. The van der Waals surface area contributed by atoms with Crippen molar-refractivity contribution in [1.82, 2.24) is 25.1 Å². The first-order valence-electron chi connectivity index (χ1n) is 5.79. The Hall–Kier alpha value is -2.06. The summed E-state index contributed by atoms with van der Waals surface area (Å²) in [7, 11) is 0.